The van der Waals surface area contributed by atoms with Crippen molar-refractivity contribution in [2.24, 2.45) is 0 Å². The minimum atomic E-state index is -0.583. The third-order valence-electron chi connectivity index (χ3n) is 4.89. The first-order chi connectivity index (χ1) is 10.6. The lowest BCUT2D eigenvalue weighted by molar-refractivity contribution is 0.0981. The standard InChI is InChI=1S/C16H18F2N2O2/c17-8-1-3-10(12(18)5-8)11-7-13(11)19-16(21)20-14-6-9-2-4-15(14)22-9/h1,3,5,9,11,13-15H,2,4,6-7H2,(H2,19,20,21)/t9-,11+,13-,14-,15-/m1/s1. The van der Waals surface area contributed by atoms with Crippen molar-refractivity contribution < 1.29 is 18.3 Å². The van der Waals surface area contributed by atoms with Gasteiger partial charge in [-0.05, 0) is 37.3 Å². The monoisotopic (exact) mass is 308 g/mol. The van der Waals surface area contributed by atoms with Crippen LogP contribution in [0.5, 0.6) is 0 Å². The van der Waals surface area contributed by atoms with E-state index in [1.165, 1.54) is 12.1 Å². The molecule has 118 valence electrons. The van der Waals surface area contributed by atoms with Gasteiger partial charge in [-0.25, -0.2) is 13.6 Å². The van der Waals surface area contributed by atoms with Crippen LogP contribution in [0.25, 0.3) is 0 Å². The fraction of sp³-hybridized carbons (Fsp3) is 0.562. The van der Waals surface area contributed by atoms with E-state index in [0.29, 0.717) is 12.0 Å². The predicted octanol–water partition coefficient (Wildman–Crippen LogP) is 2.44. The van der Waals surface area contributed by atoms with Crippen molar-refractivity contribution in [1.29, 1.82) is 0 Å². The van der Waals surface area contributed by atoms with Gasteiger partial charge in [0.15, 0.2) is 0 Å². The molecular weight excluding hydrogens is 290 g/mol. The summed E-state index contributed by atoms with van der Waals surface area (Å²) in [6.07, 6.45) is 4.07. The van der Waals surface area contributed by atoms with Crippen molar-refractivity contribution >= 4 is 6.03 Å². The maximum Gasteiger partial charge on any atom is 0.315 e. The lowest BCUT2D eigenvalue weighted by Gasteiger charge is -2.20. The Bertz CT molecular complexity index is 610. The van der Waals surface area contributed by atoms with Crippen molar-refractivity contribution in [3.8, 4) is 0 Å². The number of hydrogen-bond donors (Lipinski definition) is 2. The van der Waals surface area contributed by atoms with Crippen molar-refractivity contribution in [1.82, 2.24) is 10.6 Å². The van der Waals surface area contributed by atoms with Crippen LogP contribution in [-0.2, 0) is 4.74 Å². The molecule has 0 radical (unpaired) electrons. The van der Waals surface area contributed by atoms with Crippen LogP contribution >= 0.6 is 0 Å². The third-order valence-corrected chi connectivity index (χ3v) is 4.89. The Hall–Kier alpha value is -1.69. The molecule has 2 amide bonds. The maximum atomic E-state index is 13.7. The molecule has 2 N–H and O–H groups in total. The lowest BCUT2D eigenvalue weighted by Crippen LogP contribution is -2.47. The van der Waals surface area contributed by atoms with Gasteiger partial charge in [-0.2, -0.15) is 0 Å². The molecule has 2 saturated heterocycles. The average Bonchev–Trinajstić information content (AvgIpc) is 2.91. The molecule has 1 aromatic rings. The van der Waals surface area contributed by atoms with Gasteiger partial charge in [0.25, 0.3) is 0 Å². The quantitative estimate of drug-likeness (QED) is 0.901. The van der Waals surface area contributed by atoms with Crippen LogP contribution in [0.15, 0.2) is 18.2 Å². The summed E-state index contributed by atoms with van der Waals surface area (Å²) in [5.74, 6) is -1.20. The van der Waals surface area contributed by atoms with E-state index >= 15 is 0 Å². The molecule has 4 nitrogen and oxygen atoms in total. The number of halogens is 2. The number of ether oxygens (including phenoxy) is 1. The van der Waals surface area contributed by atoms with Gasteiger partial charge in [0, 0.05) is 18.0 Å². The first-order valence-corrected chi connectivity index (χ1v) is 7.77. The number of benzene rings is 1. The molecule has 0 aromatic heterocycles. The molecule has 4 rings (SSSR count). The average molecular weight is 308 g/mol. The normalized spacial score (nSPS) is 35.5. The van der Waals surface area contributed by atoms with E-state index in [-0.39, 0.29) is 36.2 Å². The number of hydrogen-bond acceptors (Lipinski definition) is 2. The first kappa shape index (κ1) is 13.9. The van der Waals surface area contributed by atoms with Gasteiger partial charge in [0.2, 0.25) is 0 Å². The van der Waals surface area contributed by atoms with Crippen molar-refractivity contribution in [3.05, 3.63) is 35.4 Å². The highest BCUT2D eigenvalue weighted by molar-refractivity contribution is 5.75. The van der Waals surface area contributed by atoms with Crippen LogP contribution in [0.2, 0.25) is 0 Å². The van der Waals surface area contributed by atoms with E-state index in [1.807, 2.05) is 0 Å². The molecule has 1 aromatic carbocycles. The molecule has 1 aliphatic carbocycles. The van der Waals surface area contributed by atoms with Gasteiger partial charge in [0.05, 0.1) is 18.2 Å². The highest BCUT2D eigenvalue weighted by Crippen LogP contribution is 2.42. The largest absolute Gasteiger partial charge is 0.373 e. The number of carbonyl (C=O) groups excluding carboxylic acids is 1. The molecular formula is C16H18F2N2O2. The topological polar surface area (TPSA) is 50.4 Å². The third kappa shape index (κ3) is 2.56. The van der Waals surface area contributed by atoms with Crippen molar-refractivity contribution in [2.45, 2.75) is 55.9 Å². The smallest absolute Gasteiger partial charge is 0.315 e. The van der Waals surface area contributed by atoms with Crippen molar-refractivity contribution in [2.75, 3.05) is 0 Å². The Balaban J connectivity index is 1.30. The van der Waals surface area contributed by atoms with Gasteiger partial charge < -0.3 is 15.4 Å². The number of carbonyl (C=O) groups is 1. The molecule has 3 fully saturated rings. The highest BCUT2D eigenvalue weighted by Gasteiger charge is 2.44. The first-order valence-electron chi connectivity index (χ1n) is 7.77. The van der Waals surface area contributed by atoms with Gasteiger partial charge >= 0.3 is 6.03 Å². The second-order valence-electron chi connectivity index (χ2n) is 6.45. The van der Waals surface area contributed by atoms with E-state index < -0.39 is 11.6 Å². The number of amides is 2. The summed E-state index contributed by atoms with van der Waals surface area (Å²) in [5, 5.41) is 5.81. The second kappa shape index (κ2) is 5.19. The van der Waals surface area contributed by atoms with Crippen LogP contribution in [0.3, 0.4) is 0 Å². The summed E-state index contributed by atoms with van der Waals surface area (Å²) in [6.45, 7) is 0. The van der Waals surface area contributed by atoms with E-state index in [2.05, 4.69) is 10.6 Å². The zero-order valence-electron chi connectivity index (χ0n) is 12.0. The molecule has 5 atom stereocenters. The van der Waals surface area contributed by atoms with E-state index in [4.69, 9.17) is 4.74 Å². The maximum absolute atomic E-state index is 13.7. The molecule has 0 spiro atoms. The molecule has 3 aliphatic rings. The Kier molecular flexibility index (Phi) is 3.29. The Morgan fingerprint density at radius 1 is 1.14 bits per heavy atom. The summed E-state index contributed by atoms with van der Waals surface area (Å²) in [5.41, 5.74) is 0.468. The molecule has 0 unspecified atom stereocenters. The van der Waals surface area contributed by atoms with Crippen LogP contribution < -0.4 is 10.6 Å². The molecule has 22 heavy (non-hydrogen) atoms. The Morgan fingerprint density at radius 2 is 1.95 bits per heavy atom. The van der Waals surface area contributed by atoms with Crippen LogP contribution in [0, 0.1) is 11.6 Å². The van der Waals surface area contributed by atoms with Gasteiger partial charge in [-0.1, -0.05) is 6.07 Å². The summed E-state index contributed by atoms with van der Waals surface area (Å²) in [6, 6.07) is 3.37. The number of rotatable bonds is 3. The summed E-state index contributed by atoms with van der Waals surface area (Å²) >= 11 is 0. The number of nitrogens with one attached hydrogen (secondary N) is 2. The van der Waals surface area contributed by atoms with Crippen molar-refractivity contribution in [3.63, 3.8) is 0 Å². The van der Waals surface area contributed by atoms with Gasteiger partial charge in [0.1, 0.15) is 11.6 Å². The SMILES string of the molecule is O=C(N[C@@H]1C[C@H]2CC[C@H]1O2)N[C@@H]1C[C@H]1c1ccc(F)cc1F. The second-order valence-corrected chi connectivity index (χ2v) is 6.45. The predicted molar refractivity (Wildman–Crippen MR) is 75.5 cm³/mol. The zero-order valence-corrected chi connectivity index (χ0v) is 12.0. The Morgan fingerprint density at radius 3 is 2.64 bits per heavy atom. The fourth-order valence-electron chi connectivity index (χ4n) is 3.67. The summed E-state index contributed by atoms with van der Waals surface area (Å²) in [7, 11) is 0. The van der Waals surface area contributed by atoms with Gasteiger partial charge in [-0.3, -0.25) is 0 Å². The number of fused-ring (bicyclic) bond motifs is 2. The highest BCUT2D eigenvalue weighted by atomic mass is 19.1. The molecule has 2 aliphatic heterocycles. The van der Waals surface area contributed by atoms with Crippen LogP contribution in [0.4, 0.5) is 13.6 Å². The zero-order chi connectivity index (χ0) is 15.3. The Labute approximate surface area is 127 Å². The summed E-state index contributed by atoms with van der Waals surface area (Å²) in [4.78, 5) is 12.0. The lowest BCUT2D eigenvalue weighted by atomic mass is 9.96. The minimum Gasteiger partial charge on any atom is -0.373 e. The minimum absolute atomic E-state index is 0.0670. The fourth-order valence-corrected chi connectivity index (χ4v) is 3.67. The van der Waals surface area contributed by atoms with Crippen LogP contribution in [-0.4, -0.2) is 30.3 Å². The molecule has 1 saturated carbocycles. The van der Waals surface area contributed by atoms with E-state index in [1.54, 1.807) is 0 Å². The molecule has 2 bridgehead atoms. The van der Waals surface area contributed by atoms with Gasteiger partial charge in [-0.15, -0.1) is 0 Å². The van der Waals surface area contributed by atoms with E-state index in [0.717, 1.165) is 25.3 Å². The number of urea groups is 1. The molecule has 6 heteroatoms. The molecule has 2 heterocycles. The summed E-state index contributed by atoms with van der Waals surface area (Å²) < 4.78 is 32.3. The van der Waals surface area contributed by atoms with Crippen LogP contribution in [0.1, 0.15) is 37.2 Å². The van der Waals surface area contributed by atoms with E-state index in [9.17, 15) is 13.6 Å².